The van der Waals surface area contributed by atoms with E-state index in [2.05, 4.69) is 49.1 Å². The van der Waals surface area contributed by atoms with Crippen LogP contribution in [0.5, 0.6) is 0 Å². The summed E-state index contributed by atoms with van der Waals surface area (Å²) in [4.78, 5) is 2.64. The number of nitrogens with two attached hydrogens (primary N) is 1. The molecule has 0 aromatic heterocycles. The minimum absolute atomic E-state index is 0.514. The Hall–Kier alpha value is -0.860. The standard InChI is InChI=1S/C16H26N2/c1-13(2)16(14-8-4-3-5-9-14)18-11-7-6-10-15(18)12-17/h3-5,8-9,13,15-16H,6-7,10-12,17H2,1-2H3. The zero-order valence-electron chi connectivity index (χ0n) is 11.7. The number of rotatable bonds is 4. The largest absolute Gasteiger partial charge is 0.329 e. The van der Waals surface area contributed by atoms with Crippen LogP contribution in [0.3, 0.4) is 0 Å². The maximum atomic E-state index is 5.97. The molecule has 1 aliphatic heterocycles. The van der Waals surface area contributed by atoms with Crippen molar-refractivity contribution in [3.8, 4) is 0 Å². The first-order valence-corrected chi connectivity index (χ1v) is 7.24. The molecule has 0 radical (unpaired) electrons. The maximum Gasteiger partial charge on any atom is 0.0374 e. The predicted molar refractivity (Wildman–Crippen MR) is 77.4 cm³/mol. The fraction of sp³-hybridized carbons (Fsp3) is 0.625. The van der Waals surface area contributed by atoms with E-state index in [0.717, 1.165) is 6.54 Å². The second kappa shape index (κ2) is 6.35. The van der Waals surface area contributed by atoms with Gasteiger partial charge in [0.2, 0.25) is 0 Å². The van der Waals surface area contributed by atoms with E-state index in [-0.39, 0.29) is 0 Å². The third-order valence-electron chi connectivity index (χ3n) is 4.07. The van der Waals surface area contributed by atoms with Crippen LogP contribution >= 0.6 is 0 Å². The van der Waals surface area contributed by atoms with Crippen LogP contribution in [0, 0.1) is 5.92 Å². The highest BCUT2D eigenvalue weighted by molar-refractivity contribution is 5.20. The smallest absolute Gasteiger partial charge is 0.0374 e. The van der Waals surface area contributed by atoms with Crippen molar-refractivity contribution in [2.45, 2.75) is 45.2 Å². The Morgan fingerprint density at radius 2 is 1.94 bits per heavy atom. The highest BCUT2D eigenvalue weighted by Crippen LogP contribution is 2.33. The molecule has 2 heteroatoms. The monoisotopic (exact) mass is 246 g/mol. The lowest BCUT2D eigenvalue weighted by atomic mass is 9.90. The first kappa shape index (κ1) is 13.6. The summed E-state index contributed by atoms with van der Waals surface area (Å²) in [5.74, 6) is 0.625. The van der Waals surface area contributed by atoms with Gasteiger partial charge < -0.3 is 5.73 Å². The van der Waals surface area contributed by atoms with Crippen molar-refractivity contribution in [1.82, 2.24) is 4.90 Å². The molecule has 1 aromatic carbocycles. The third kappa shape index (κ3) is 2.93. The van der Waals surface area contributed by atoms with Crippen LogP contribution < -0.4 is 5.73 Å². The van der Waals surface area contributed by atoms with Crippen molar-refractivity contribution in [2.24, 2.45) is 11.7 Å². The summed E-state index contributed by atoms with van der Waals surface area (Å²) in [6, 6.07) is 12.0. The number of nitrogens with zero attached hydrogens (tertiary/aromatic N) is 1. The van der Waals surface area contributed by atoms with Crippen LogP contribution in [0.4, 0.5) is 0 Å². The molecular weight excluding hydrogens is 220 g/mol. The van der Waals surface area contributed by atoms with Crippen LogP contribution in [0.1, 0.15) is 44.7 Å². The molecule has 2 N–H and O–H groups in total. The minimum Gasteiger partial charge on any atom is -0.329 e. The van der Waals surface area contributed by atoms with E-state index in [9.17, 15) is 0 Å². The fourth-order valence-corrected chi connectivity index (χ4v) is 3.25. The van der Waals surface area contributed by atoms with Crippen molar-refractivity contribution in [1.29, 1.82) is 0 Å². The molecule has 1 fully saturated rings. The first-order valence-electron chi connectivity index (χ1n) is 7.24. The second-order valence-corrected chi connectivity index (χ2v) is 5.72. The summed E-state index contributed by atoms with van der Waals surface area (Å²) < 4.78 is 0. The van der Waals surface area contributed by atoms with Gasteiger partial charge in [-0.3, -0.25) is 4.90 Å². The van der Waals surface area contributed by atoms with Crippen LogP contribution in [-0.2, 0) is 0 Å². The van der Waals surface area contributed by atoms with E-state index in [0.29, 0.717) is 18.0 Å². The molecule has 2 unspecified atom stereocenters. The van der Waals surface area contributed by atoms with E-state index >= 15 is 0 Å². The summed E-state index contributed by atoms with van der Waals surface area (Å²) in [5.41, 5.74) is 7.41. The number of likely N-dealkylation sites (tertiary alicyclic amines) is 1. The summed E-state index contributed by atoms with van der Waals surface area (Å²) in [6.07, 6.45) is 3.90. The molecule has 2 atom stereocenters. The number of hydrogen-bond donors (Lipinski definition) is 1. The molecule has 0 amide bonds. The van der Waals surface area contributed by atoms with Crippen molar-refractivity contribution < 1.29 is 0 Å². The summed E-state index contributed by atoms with van der Waals surface area (Å²) in [7, 11) is 0. The highest BCUT2D eigenvalue weighted by Gasteiger charge is 2.30. The highest BCUT2D eigenvalue weighted by atomic mass is 15.2. The topological polar surface area (TPSA) is 29.3 Å². The van der Waals surface area contributed by atoms with Gasteiger partial charge in [0.1, 0.15) is 0 Å². The molecule has 0 saturated carbocycles. The Morgan fingerprint density at radius 3 is 2.56 bits per heavy atom. The van der Waals surface area contributed by atoms with Gasteiger partial charge in [0.25, 0.3) is 0 Å². The molecule has 1 aromatic rings. The Bertz CT molecular complexity index is 347. The molecule has 2 rings (SSSR count). The Morgan fingerprint density at radius 1 is 1.22 bits per heavy atom. The molecule has 1 saturated heterocycles. The summed E-state index contributed by atoms with van der Waals surface area (Å²) in [6.45, 7) is 6.62. The third-order valence-corrected chi connectivity index (χ3v) is 4.07. The van der Waals surface area contributed by atoms with E-state index < -0.39 is 0 Å². The lowest BCUT2D eigenvalue weighted by molar-refractivity contribution is 0.0727. The molecule has 100 valence electrons. The van der Waals surface area contributed by atoms with Gasteiger partial charge >= 0.3 is 0 Å². The molecule has 1 heterocycles. The van der Waals surface area contributed by atoms with Crippen LogP contribution in [-0.4, -0.2) is 24.0 Å². The van der Waals surface area contributed by atoms with Gasteiger partial charge in [-0.1, -0.05) is 50.6 Å². The van der Waals surface area contributed by atoms with E-state index in [1.165, 1.54) is 31.4 Å². The van der Waals surface area contributed by atoms with Crippen molar-refractivity contribution in [3.05, 3.63) is 35.9 Å². The van der Waals surface area contributed by atoms with Crippen LogP contribution in [0.25, 0.3) is 0 Å². The summed E-state index contributed by atoms with van der Waals surface area (Å²) >= 11 is 0. The molecule has 0 aliphatic carbocycles. The molecule has 18 heavy (non-hydrogen) atoms. The predicted octanol–water partition coefficient (Wildman–Crippen LogP) is 3.20. The van der Waals surface area contributed by atoms with Gasteiger partial charge in [0, 0.05) is 18.6 Å². The van der Waals surface area contributed by atoms with Crippen molar-refractivity contribution in [2.75, 3.05) is 13.1 Å². The zero-order chi connectivity index (χ0) is 13.0. The quantitative estimate of drug-likeness (QED) is 0.884. The van der Waals surface area contributed by atoms with E-state index in [1.54, 1.807) is 0 Å². The minimum atomic E-state index is 0.514. The molecule has 2 nitrogen and oxygen atoms in total. The SMILES string of the molecule is CC(C)C(c1ccccc1)N1CCCCC1CN. The molecule has 1 aliphatic rings. The Kier molecular flexibility index (Phi) is 4.79. The first-order chi connectivity index (χ1) is 8.74. The molecular formula is C16H26N2. The van der Waals surface area contributed by atoms with Crippen molar-refractivity contribution >= 4 is 0 Å². The van der Waals surface area contributed by atoms with Crippen LogP contribution in [0.2, 0.25) is 0 Å². The lowest BCUT2D eigenvalue weighted by Crippen LogP contribution is -2.47. The van der Waals surface area contributed by atoms with Gasteiger partial charge in [0.05, 0.1) is 0 Å². The number of benzene rings is 1. The fourth-order valence-electron chi connectivity index (χ4n) is 3.25. The normalized spacial score (nSPS) is 23.2. The van der Waals surface area contributed by atoms with Crippen LogP contribution in [0.15, 0.2) is 30.3 Å². The summed E-state index contributed by atoms with van der Waals surface area (Å²) in [5, 5.41) is 0. The average Bonchev–Trinajstić information content (AvgIpc) is 2.40. The van der Waals surface area contributed by atoms with E-state index in [4.69, 9.17) is 5.73 Å². The van der Waals surface area contributed by atoms with Gasteiger partial charge in [0.15, 0.2) is 0 Å². The van der Waals surface area contributed by atoms with Crippen molar-refractivity contribution in [3.63, 3.8) is 0 Å². The molecule has 0 bridgehead atoms. The average molecular weight is 246 g/mol. The lowest BCUT2D eigenvalue weighted by Gasteiger charge is -2.43. The zero-order valence-corrected chi connectivity index (χ0v) is 11.7. The van der Waals surface area contributed by atoms with Gasteiger partial charge in [-0.25, -0.2) is 0 Å². The van der Waals surface area contributed by atoms with Gasteiger partial charge in [-0.05, 0) is 30.9 Å². The van der Waals surface area contributed by atoms with Gasteiger partial charge in [-0.2, -0.15) is 0 Å². The Labute approximate surface area is 111 Å². The van der Waals surface area contributed by atoms with Gasteiger partial charge in [-0.15, -0.1) is 0 Å². The number of hydrogen-bond acceptors (Lipinski definition) is 2. The second-order valence-electron chi connectivity index (χ2n) is 5.72. The maximum absolute atomic E-state index is 5.97. The Balaban J connectivity index is 2.24. The van der Waals surface area contributed by atoms with E-state index in [1.807, 2.05) is 0 Å². The molecule has 0 spiro atoms. The number of piperidine rings is 1.